The molecule has 0 aliphatic rings. The molecule has 0 fully saturated rings. The van der Waals surface area contributed by atoms with Gasteiger partial charge in [-0.1, -0.05) is 6.55 Å². The van der Waals surface area contributed by atoms with Gasteiger partial charge in [-0.3, -0.25) is 4.39 Å². The second-order valence-electron chi connectivity index (χ2n) is 1.00. The molecule has 0 aromatic rings. The third kappa shape index (κ3) is 11.1. The van der Waals surface area contributed by atoms with Gasteiger partial charge in [0.05, 0.1) is 0 Å². The maximum absolute atomic E-state index is 11.1. The molecule has 0 nitrogen and oxygen atoms in total. The van der Waals surface area contributed by atoms with Crippen molar-refractivity contribution in [3.8, 4) is 0 Å². The minimum atomic E-state index is -0.263. The molecule has 0 amide bonds. The average molecular weight is 192 g/mol. The Morgan fingerprint density at radius 2 is 2.29 bits per heavy atom. The van der Waals surface area contributed by atoms with E-state index in [1.165, 1.54) is 0 Å². The van der Waals surface area contributed by atoms with E-state index in [0.29, 0.717) is 0 Å². The van der Waals surface area contributed by atoms with E-state index in [2.05, 4.69) is 6.55 Å². The summed E-state index contributed by atoms with van der Waals surface area (Å²) >= 11 is 0. The third-order valence-electron chi connectivity index (χ3n) is 0.458. The Morgan fingerprint density at radius 3 is 2.43 bits per heavy atom. The minimum Gasteiger partial charge on any atom is -0.301 e. The molecule has 7 heavy (non-hydrogen) atoms. The monoisotopic (exact) mass is 192 g/mol. The Labute approximate surface area is 72.0 Å². The normalized spacial score (nSPS) is 7.71. The van der Waals surface area contributed by atoms with E-state index in [1.807, 2.05) is 0 Å². The molecular weight excluding hydrogens is 184 g/mol. The molecule has 0 saturated carbocycles. The van der Waals surface area contributed by atoms with Crippen LogP contribution >= 0.6 is 0 Å². The molecule has 0 unspecified atom stereocenters. The van der Waals surface area contributed by atoms with Crippen molar-refractivity contribution in [3.05, 3.63) is 6.42 Å². The van der Waals surface area contributed by atoms with Gasteiger partial charge in [0.1, 0.15) is 0 Å². The van der Waals surface area contributed by atoms with Gasteiger partial charge >= 0.3 is 0 Å². The van der Waals surface area contributed by atoms with Gasteiger partial charge in [-0.15, -0.1) is 0 Å². The molecule has 0 aliphatic carbocycles. The molecule has 0 saturated heterocycles. The first-order chi connectivity index (χ1) is 2.91. The van der Waals surface area contributed by atoms with E-state index in [4.69, 9.17) is 0 Å². The van der Waals surface area contributed by atoms with Gasteiger partial charge in [0.2, 0.25) is 0 Å². The minimum absolute atomic E-state index is 0. The van der Waals surface area contributed by atoms with Crippen LogP contribution in [-0.2, 0) is 32.7 Å². The summed E-state index contributed by atoms with van der Waals surface area (Å²) in [6, 6.07) is 0.941. The first-order valence-electron chi connectivity index (χ1n) is 1.94. The van der Waals surface area contributed by atoms with Gasteiger partial charge in [-0.05, 0) is 6.67 Å². The average Bonchev–Trinajstić information content (AvgIpc) is 1.61. The summed E-state index contributed by atoms with van der Waals surface area (Å²) in [7, 11) is 0.869. The molecule has 0 bridgehead atoms. The summed E-state index contributed by atoms with van der Waals surface area (Å²) in [5, 5.41) is 0. The van der Waals surface area contributed by atoms with Crippen LogP contribution in [0.1, 0.15) is 0 Å². The van der Waals surface area contributed by atoms with Gasteiger partial charge in [0.15, 0.2) is 0 Å². The standard InChI is InChI=1S/C4H8FSi.Y/c1-6-4-2-3-5;/h2H,3-4H2,1H3;/q-1;. The molecule has 0 spiro atoms. The van der Waals surface area contributed by atoms with Crippen molar-refractivity contribution >= 4 is 9.52 Å². The van der Waals surface area contributed by atoms with E-state index in [0.717, 1.165) is 15.6 Å². The molecular formula is C4H8FSiY-. The summed E-state index contributed by atoms with van der Waals surface area (Å²) in [4.78, 5) is 0. The maximum Gasteiger partial charge on any atom is 0.00101 e. The SMILES string of the molecule is C[Si]C[CH-]CF.[Y]. The van der Waals surface area contributed by atoms with Crippen molar-refractivity contribution in [2.45, 2.75) is 12.6 Å². The van der Waals surface area contributed by atoms with E-state index in [1.54, 1.807) is 6.42 Å². The number of rotatable bonds is 3. The summed E-state index contributed by atoms with van der Waals surface area (Å²) in [6.07, 6.45) is 1.65. The number of hydrogen-bond donors (Lipinski definition) is 0. The first-order valence-corrected chi connectivity index (χ1v) is 3.64. The molecule has 3 heteroatoms. The van der Waals surface area contributed by atoms with Crippen LogP contribution < -0.4 is 0 Å². The zero-order valence-electron chi connectivity index (χ0n) is 4.45. The van der Waals surface area contributed by atoms with Crippen molar-refractivity contribution in [1.29, 1.82) is 0 Å². The molecule has 3 radical (unpaired) electrons. The smallest absolute Gasteiger partial charge is 0.00101 e. The quantitative estimate of drug-likeness (QED) is 0.359. The van der Waals surface area contributed by atoms with Crippen LogP contribution in [0.4, 0.5) is 4.39 Å². The number of alkyl halides is 1. The van der Waals surface area contributed by atoms with Crippen LogP contribution in [0, 0.1) is 6.42 Å². The van der Waals surface area contributed by atoms with Crippen molar-refractivity contribution in [1.82, 2.24) is 0 Å². The van der Waals surface area contributed by atoms with Crippen LogP contribution in [0.2, 0.25) is 12.6 Å². The molecule has 0 N–H and O–H groups in total. The first kappa shape index (κ1) is 11.1. The molecule has 0 heterocycles. The van der Waals surface area contributed by atoms with Crippen molar-refractivity contribution in [2.75, 3.05) is 6.67 Å². The van der Waals surface area contributed by atoms with Crippen LogP contribution in [-0.4, -0.2) is 16.2 Å². The van der Waals surface area contributed by atoms with Gasteiger partial charge in [-0.2, -0.15) is 6.04 Å². The second kappa shape index (κ2) is 10.3. The van der Waals surface area contributed by atoms with E-state index >= 15 is 0 Å². The third-order valence-corrected chi connectivity index (χ3v) is 1.15. The molecule has 0 atom stereocenters. The van der Waals surface area contributed by atoms with Gasteiger partial charge < -0.3 is 6.42 Å². The van der Waals surface area contributed by atoms with E-state index in [9.17, 15) is 4.39 Å². The molecule has 0 aliphatic heterocycles. The van der Waals surface area contributed by atoms with Gasteiger partial charge in [0.25, 0.3) is 0 Å². The van der Waals surface area contributed by atoms with Crippen LogP contribution in [0.25, 0.3) is 0 Å². The zero-order valence-corrected chi connectivity index (χ0v) is 8.29. The molecule has 0 aromatic carbocycles. The van der Waals surface area contributed by atoms with Crippen LogP contribution in [0.3, 0.4) is 0 Å². The Bertz CT molecular complexity index is 23.7. The van der Waals surface area contributed by atoms with Crippen LogP contribution in [0.5, 0.6) is 0 Å². The number of hydrogen-bond acceptors (Lipinski definition) is 0. The van der Waals surface area contributed by atoms with E-state index < -0.39 is 0 Å². The van der Waals surface area contributed by atoms with Crippen molar-refractivity contribution in [2.24, 2.45) is 0 Å². The predicted octanol–water partition coefficient (Wildman–Crippen LogP) is 1.33. The van der Waals surface area contributed by atoms with Crippen LogP contribution in [0.15, 0.2) is 0 Å². The topological polar surface area (TPSA) is 0 Å². The number of halogens is 1. The van der Waals surface area contributed by atoms with E-state index in [-0.39, 0.29) is 39.4 Å². The Morgan fingerprint density at radius 1 is 1.71 bits per heavy atom. The summed E-state index contributed by atoms with van der Waals surface area (Å²) in [5.41, 5.74) is 0. The Balaban J connectivity index is 0. The Kier molecular flexibility index (Phi) is 16.3. The molecule has 0 rings (SSSR count). The summed E-state index contributed by atoms with van der Waals surface area (Å²) in [6.45, 7) is 1.80. The fourth-order valence-electron chi connectivity index (χ4n) is 0.199. The van der Waals surface area contributed by atoms with Gasteiger partial charge in [0, 0.05) is 42.2 Å². The van der Waals surface area contributed by atoms with Crippen molar-refractivity contribution in [3.63, 3.8) is 0 Å². The maximum atomic E-state index is 11.1. The fraction of sp³-hybridized carbons (Fsp3) is 0.750. The fourth-order valence-corrected chi connectivity index (χ4v) is 0.597. The molecule has 0 aromatic heterocycles. The Hall–Kier alpha value is 1.25. The predicted molar refractivity (Wildman–Crippen MR) is 26.7 cm³/mol. The van der Waals surface area contributed by atoms with Gasteiger partial charge in [-0.25, -0.2) is 0 Å². The second-order valence-corrected chi connectivity index (χ2v) is 2.12. The summed E-state index contributed by atoms with van der Waals surface area (Å²) in [5.74, 6) is 0. The zero-order chi connectivity index (χ0) is 4.83. The largest absolute Gasteiger partial charge is 0.301 e. The molecule has 39 valence electrons. The van der Waals surface area contributed by atoms with Crippen molar-refractivity contribution < 1.29 is 37.1 Å². The summed E-state index contributed by atoms with van der Waals surface area (Å²) < 4.78 is 11.1.